The number of nitriles is 1. The number of hydrogen-bond acceptors (Lipinski definition) is 2. The van der Waals surface area contributed by atoms with Gasteiger partial charge in [-0.2, -0.15) is 5.26 Å². The molecular formula is C33H35N3O. The van der Waals surface area contributed by atoms with Crippen LogP contribution in [0.4, 0.5) is 5.69 Å². The Morgan fingerprint density at radius 3 is 2.11 bits per heavy atom. The van der Waals surface area contributed by atoms with Gasteiger partial charge < -0.3 is 9.88 Å². The zero-order chi connectivity index (χ0) is 25.7. The van der Waals surface area contributed by atoms with Gasteiger partial charge in [0.15, 0.2) is 0 Å². The van der Waals surface area contributed by atoms with E-state index < -0.39 is 5.91 Å². The van der Waals surface area contributed by atoms with E-state index in [9.17, 15) is 10.1 Å². The van der Waals surface area contributed by atoms with Crippen LogP contribution in [-0.2, 0) is 10.2 Å². The Kier molecular flexibility index (Phi) is 5.83. The maximum atomic E-state index is 12.8. The van der Waals surface area contributed by atoms with Gasteiger partial charge in [-0.05, 0) is 130 Å². The number of rotatable bonds is 5. The van der Waals surface area contributed by atoms with Crippen LogP contribution in [0.5, 0.6) is 0 Å². The fourth-order valence-corrected chi connectivity index (χ4v) is 7.90. The molecule has 0 radical (unpaired) electrons. The quantitative estimate of drug-likeness (QED) is 0.299. The van der Waals surface area contributed by atoms with E-state index in [0.717, 1.165) is 46.0 Å². The summed E-state index contributed by atoms with van der Waals surface area (Å²) in [6.45, 7) is 6.13. The average molecular weight is 490 g/mol. The summed E-state index contributed by atoms with van der Waals surface area (Å²) in [5, 5.41) is 12.6. The lowest BCUT2D eigenvalue weighted by molar-refractivity contribution is -0.112. The van der Waals surface area contributed by atoms with Crippen molar-refractivity contribution in [3.8, 4) is 11.8 Å². The van der Waals surface area contributed by atoms with E-state index in [4.69, 9.17) is 0 Å². The maximum absolute atomic E-state index is 12.8. The zero-order valence-electron chi connectivity index (χ0n) is 22.1. The molecule has 2 aromatic carbocycles. The van der Waals surface area contributed by atoms with Gasteiger partial charge in [-0.15, -0.1) is 0 Å². The van der Waals surface area contributed by atoms with Crippen LogP contribution in [0.3, 0.4) is 0 Å². The fourth-order valence-electron chi connectivity index (χ4n) is 7.90. The topological polar surface area (TPSA) is 57.8 Å². The maximum Gasteiger partial charge on any atom is 0.266 e. The first-order valence-corrected chi connectivity index (χ1v) is 13.6. The summed E-state index contributed by atoms with van der Waals surface area (Å²) in [5.74, 6) is 2.42. The molecule has 0 atom stereocenters. The minimum atomic E-state index is -0.393. The Balaban J connectivity index is 1.25. The monoisotopic (exact) mass is 489 g/mol. The Bertz CT molecular complexity index is 1380. The van der Waals surface area contributed by atoms with Crippen LogP contribution in [0.25, 0.3) is 11.8 Å². The van der Waals surface area contributed by atoms with Crippen LogP contribution in [0, 0.1) is 49.9 Å². The van der Waals surface area contributed by atoms with Gasteiger partial charge in [0.1, 0.15) is 11.6 Å². The van der Waals surface area contributed by atoms with Gasteiger partial charge >= 0.3 is 0 Å². The largest absolute Gasteiger partial charge is 0.321 e. The second-order valence-corrected chi connectivity index (χ2v) is 11.9. The molecule has 7 rings (SSSR count). The van der Waals surface area contributed by atoms with Crippen molar-refractivity contribution in [2.24, 2.45) is 17.8 Å². The average Bonchev–Trinajstić information content (AvgIpc) is 3.15. The highest BCUT2D eigenvalue weighted by atomic mass is 16.1. The third kappa shape index (κ3) is 4.31. The molecule has 1 aromatic heterocycles. The highest BCUT2D eigenvalue weighted by Gasteiger charge is 2.51. The van der Waals surface area contributed by atoms with Gasteiger partial charge in [0.25, 0.3) is 5.91 Å². The van der Waals surface area contributed by atoms with Crippen molar-refractivity contribution >= 4 is 17.7 Å². The molecule has 1 N–H and O–H groups in total. The molecule has 0 unspecified atom stereocenters. The predicted octanol–water partition coefficient (Wildman–Crippen LogP) is 7.42. The molecule has 0 aliphatic heterocycles. The van der Waals surface area contributed by atoms with Crippen molar-refractivity contribution in [1.29, 1.82) is 5.26 Å². The molecule has 4 aliphatic rings. The van der Waals surface area contributed by atoms with Gasteiger partial charge in [0.2, 0.25) is 0 Å². The number of amides is 1. The number of aryl methyl sites for hydroxylation is 2. The molecule has 1 amide bonds. The number of carbonyl (C=O) groups excluding carboxylic acids is 1. The molecule has 4 saturated carbocycles. The van der Waals surface area contributed by atoms with E-state index >= 15 is 0 Å². The zero-order valence-corrected chi connectivity index (χ0v) is 22.1. The fraction of sp³-hybridized carbons (Fsp3) is 0.394. The van der Waals surface area contributed by atoms with Crippen LogP contribution in [-0.4, -0.2) is 10.5 Å². The number of benzene rings is 2. The predicted molar refractivity (Wildman–Crippen MR) is 148 cm³/mol. The second-order valence-electron chi connectivity index (χ2n) is 11.9. The van der Waals surface area contributed by atoms with Crippen LogP contribution in [0.1, 0.15) is 66.6 Å². The van der Waals surface area contributed by atoms with Gasteiger partial charge in [-0.1, -0.05) is 29.8 Å². The standard InChI is InChI=1S/C33H35N3O/c1-21-4-8-30(9-5-21)35-32(37)28(20-34)16-27-12-22(2)36(23(27)3)31-10-6-29(7-11-31)33-17-24-13-25(18-33)15-26(14-24)19-33/h4-12,16,24-26H,13-15,17-19H2,1-3H3,(H,35,37)/b28-16-. The molecule has 188 valence electrons. The van der Waals surface area contributed by atoms with Crippen LogP contribution < -0.4 is 5.32 Å². The van der Waals surface area contributed by atoms with E-state index in [2.05, 4.69) is 60.1 Å². The minimum absolute atomic E-state index is 0.0954. The third-order valence-electron chi connectivity index (χ3n) is 9.22. The molecule has 4 aliphatic carbocycles. The third-order valence-corrected chi connectivity index (χ3v) is 9.22. The SMILES string of the molecule is Cc1ccc(NC(=O)/C(C#N)=C\c2cc(C)n(-c3ccc(C45CC6CC(CC(C6)C4)C5)cc3)c2C)cc1. The van der Waals surface area contributed by atoms with Gasteiger partial charge in [0, 0.05) is 22.8 Å². The summed E-state index contributed by atoms with van der Waals surface area (Å²) in [5.41, 5.74) is 7.95. The summed E-state index contributed by atoms with van der Waals surface area (Å²) >= 11 is 0. The Morgan fingerprint density at radius 2 is 1.54 bits per heavy atom. The van der Waals surface area contributed by atoms with Crippen molar-refractivity contribution in [3.63, 3.8) is 0 Å². The van der Waals surface area contributed by atoms with Crippen molar-refractivity contribution in [2.45, 2.75) is 64.7 Å². The van der Waals surface area contributed by atoms with E-state index in [1.54, 1.807) is 6.08 Å². The summed E-state index contributed by atoms with van der Waals surface area (Å²) in [6, 6.07) is 21.0. The highest BCUT2D eigenvalue weighted by molar-refractivity contribution is 6.09. The smallest absolute Gasteiger partial charge is 0.266 e. The van der Waals surface area contributed by atoms with Gasteiger partial charge in [-0.3, -0.25) is 4.79 Å². The van der Waals surface area contributed by atoms with Gasteiger partial charge in [0.05, 0.1) is 0 Å². The van der Waals surface area contributed by atoms with Gasteiger partial charge in [-0.25, -0.2) is 0 Å². The number of anilines is 1. The molecule has 37 heavy (non-hydrogen) atoms. The number of nitrogens with zero attached hydrogens (tertiary/aromatic N) is 2. The van der Waals surface area contributed by atoms with E-state index in [1.165, 1.54) is 44.1 Å². The summed E-state index contributed by atoms with van der Waals surface area (Å²) in [6.07, 6.45) is 10.2. The van der Waals surface area contributed by atoms with Crippen LogP contribution in [0.2, 0.25) is 0 Å². The van der Waals surface area contributed by atoms with Crippen molar-refractivity contribution in [2.75, 3.05) is 5.32 Å². The number of carbonyl (C=O) groups is 1. The molecular weight excluding hydrogens is 454 g/mol. The molecule has 4 fully saturated rings. The molecule has 4 nitrogen and oxygen atoms in total. The summed E-state index contributed by atoms with van der Waals surface area (Å²) in [4.78, 5) is 12.8. The van der Waals surface area contributed by atoms with Crippen molar-refractivity contribution < 1.29 is 4.79 Å². The van der Waals surface area contributed by atoms with Crippen LogP contribution in [0.15, 0.2) is 60.2 Å². The molecule has 0 spiro atoms. The lowest BCUT2D eigenvalue weighted by Gasteiger charge is -2.57. The lowest BCUT2D eigenvalue weighted by atomic mass is 9.48. The van der Waals surface area contributed by atoms with E-state index in [0.29, 0.717) is 11.1 Å². The van der Waals surface area contributed by atoms with E-state index in [-0.39, 0.29) is 5.57 Å². The number of aromatic nitrogens is 1. The van der Waals surface area contributed by atoms with Crippen LogP contribution >= 0.6 is 0 Å². The minimum Gasteiger partial charge on any atom is -0.321 e. The normalized spacial score (nSPS) is 26.2. The second kappa shape index (κ2) is 9.06. The number of hydrogen-bond donors (Lipinski definition) is 1. The highest BCUT2D eigenvalue weighted by Crippen LogP contribution is 2.60. The van der Waals surface area contributed by atoms with E-state index in [1.807, 2.05) is 31.2 Å². The number of nitrogens with one attached hydrogen (secondary N) is 1. The summed E-state index contributed by atoms with van der Waals surface area (Å²) < 4.78 is 2.22. The molecule has 1 heterocycles. The Labute approximate surface area is 220 Å². The first kappa shape index (κ1) is 23.8. The molecule has 4 heteroatoms. The molecule has 4 bridgehead atoms. The van der Waals surface area contributed by atoms with Crippen molar-refractivity contribution in [3.05, 3.63) is 88.2 Å². The van der Waals surface area contributed by atoms with Crippen molar-refractivity contribution in [1.82, 2.24) is 4.57 Å². The first-order valence-electron chi connectivity index (χ1n) is 13.6. The lowest BCUT2D eigenvalue weighted by Crippen LogP contribution is -2.48. The molecule has 3 aromatic rings. The molecule has 0 saturated heterocycles. The summed E-state index contributed by atoms with van der Waals surface area (Å²) in [7, 11) is 0. The Hall–Kier alpha value is -3.58. The first-order chi connectivity index (χ1) is 17.8. The Morgan fingerprint density at radius 1 is 0.946 bits per heavy atom.